The van der Waals surface area contributed by atoms with Gasteiger partial charge in [-0.05, 0) is 29.3 Å². The fourth-order valence-electron chi connectivity index (χ4n) is 3.78. The van der Waals surface area contributed by atoms with Gasteiger partial charge in [-0.2, -0.15) is 0 Å². The molecule has 2 heterocycles. The summed E-state index contributed by atoms with van der Waals surface area (Å²) in [6.45, 7) is 1.62. The third kappa shape index (κ3) is 3.45. The minimum Gasteiger partial charge on any atom is -0.475 e. The van der Waals surface area contributed by atoms with Gasteiger partial charge in [0.2, 0.25) is 5.90 Å². The Balaban J connectivity index is 1.45. The molecule has 0 aliphatic carbocycles. The van der Waals surface area contributed by atoms with Gasteiger partial charge in [-0.25, -0.2) is 4.99 Å². The number of aliphatic imine (C=N–C) groups is 1. The van der Waals surface area contributed by atoms with Gasteiger partial charge < -0.3 is 14.4 Å². The lowest BCUT2D eigenvalue weighted by Gasteiger charge is -2.33. The number of nitrogens with zero attached hydrogens (tertiary/aromatic N) is 2. The summed E-state index contributed by atoms with van der Waals surface area (Å²) in [7, 11) is 0. The molecule has 0 aromatic heterocycles. The summed E-state index contributed by atoms with van der Waals surface area (Å²) < 4.78 is 11.3. The Morgan fingerprint density at radius 3 is 2.59 bits per heavy atom. The van der Waals surface area contributed by atoms with E-state index in [1.807, 2.05) is 48.5 Å². The van der Waals surface area contributed by atoms with Gasteiger partial charge in [0, 0.05) is 11.3 Å². The van der Waals surface area contributed by atoms with Crippen molar-refractivity contribution in [2.75, 3.05) is 24.8 Å². The highest BCUT2D eigenvalue weighted by Crippen LogP contribution is 2.42. The largest absolute Gasteiger partial charge is 0.475 e. The monoisotopic (exact) mass is 447 g/mol. The van der Waals surface area contributed by atoms with Crippen molar-refractivity contribution in [2.24, 2.45) is 4.99 Å². The van der Waals surface area contributed by atoms with E-state index in [0.717, 1.165) is 22.4 Å². The molecule has 2 atom stereocenters. The van der Waals surface area contributed by atoms with Gasteiger partial charge in [-0.15, -0.1) is 0 Å². The number of alkyl halides is 1. The molecule has 1 radical (unpaired) electrons. The second-order valence-electron chi connectivity index (χ2n) is 7.16. The van der Waals surface area contributed by atoms with E-state index in [4.69, 9.17) is 14.5 Å². The zero-order valence-corrected chi connectivity index (χ0v) is 17.4. The number of ether oxygens (including phenoxy) is 2. The molecule has 0 N–H and O–H groups in total. The average Bonchev–Trinajstić information content (AvgIpc) is 3.43. The molecule has 145 valence electrons. The van der Waals surface area contributed by atoms with E-state index in [2.05, 4.69) is 57.2 Å². The molecule has 3 aromatic carbocycles. The van der Waals surface area contributed by atoms with Crippen molar-refractivity contribution in [3.63, 3.8) is 0 Å². The van der Waals surface area contributed by atoms with Crippen LogP contribution in [-0.2, 0) is 13.9 Å². The van der Waals surface area contributed by atoms with Crippen molar-refractivity contribution in [1.82, 2.24) is 0 Å². The van der Waals surface area contributed by atoms with Crippen molar-refractivity contribution >= 4 is 27.5 Å². The molecule has 0 bridgehead atoms. The van der Waals surface area contributed by atoms with E-state index in [1.54, 1.807) is 0 Å². The Labute approximate surface area is 178 Å². The predicted octanol–water partition coefficient (Wildman–Crippen LogP) is 5.05. The Morgan fingerprint density at radius 1 is 1.03 bits per heavy atom. The molecule has 5 rings (SSSR count). The molecular formula is C24H20BrN2O2. The summed E-state index contributed by atoms with van der Waals surface area (Å²) in [6, 6.07) is 29.9. The standard InChI is InChI=1S/C24H20BrN2O2/c25-24(20-11-5-2-6-12-20)16-28-17-27(24)21-13-7-10-19(14-21)23-26-22(15-29-23)18-8-3-1-4-9-18/h1-9,11-14,22H,15-17H2/t22-,24+/m0/s1. The zero-order valence-electron chi connectivity index (χ0n) is 15.8. The van der Waals surface area contributed by atoms with E-state index >= 15 is 0 Å². The fourth-order valence-corrected chi connectivity index (χ4v) is 4.51. The van der Waals surface area contributed by atoms with Crippen LogP contribution in [0.15, 0.2) is 83.9 Å². The highest BCUT2D eigenvalue weighted by Gasteiger charge is 2.41. The topological polar surface area (TPSA) is 34.1 Å². The molecule has 1 saturated heterocycles. The van der Waals surface area contributed by atoms with Crippen molar-refractivity contribution in [2.45, 2.75) is 10.5 Å². The number of anilines is 1. The first-order valence-electron chi connectivity index (χ1n) is 9.61. The average molecular weight is 448 g/mol. The van der Waals surface area contributed by atoms with Crippen molar-refractivity contribution < 1.29 is 9.47 Å². The first-order valence-corrected chi connectivity index (χ1v) is 10.4. The molecule has 0 saturated carbocycles. The van der Waals surface area contributed by atoms with Crippen molar-refractivity contribution in [1.29, 1.82) is 0 Å². The summed E-state index contributed by atoms with van der Waals surface area (Å²) in [4.78, 5) is 7.00. The minimum atomic E-state index is -0.405. The van der Waals surface area contributed by atoms with Gasteiger partial charge >= 0.3 is 0 Å². The molecular weight excluding hydrogens is 428 g/mol. The quantitative estimate of drug-likeness (QED) is 0.414. The molecule has 0 amide bonds. The number of hydrogen-bond donors (Lipinski definition) is 0. The second-order valence-corrected chi connectivity index (χ2v) is 8.48. The molecule has 1 fully saturated rings. The van der Waals surface area contributed by atoms with E-state index in [0.29, 0.717) is 25.8 Å². The molecule has 29 heavy (non-hydrogen) atoms. The lowest BCUT2D eigenvalue weighted by atomic mass is 10.1. The second kappa shape index (κ2) is 7.65. The van der Waals surface area contributed by atoms with Gasteiger partial charge in [0.1, 0.15) is 23.8 Å². The third-order valence-corrected chi connectivity index (χ3v) is 6.44. The molecule has 0 spiro atoms. The SMILES string of the molecule is Br[C@]1(c2ccccc2)COCN1c1cc[c]c(C2=N[C@H](c3ccccc3)CO2)c1. The lowest BCUT2D eigenvalue weighted by Crippen LogP contribution is -2.37. The highest BCUT2D eigenvalue weighted by molar-refractivity contribution is 9.09. The highest BCUT2D eigenvalue weighted by atomic mass is 79.9. The summed E-state index contributed by atoms with van der Waals surface area (Å²) in [5.74, 6) is 0.640. The smallest absolute Gasteiger partial charge is 0.217 e. The van der Waals surface area contributed by atoms with Crippen LogP contribution in [0.1, 0.15) is 22.7 Å². The van der Waals surface area contributed by atoms with E-state index in [9.17, 15) is 0 Å². The maximum atomic E-state index is 5.92. The summed E-state index contributed by atoms with van der Waals surface area (Å²) in [5.41, 5.74) is 4.21. The Morgan fingerprint density at radius 2 is 1.79 bits per heavy atom. The van der Waals surface area contributed by atoms with Crippen LogP contribution in [0.25, 0.3) is 0 Å². The number of hydrogen-bond acceptors (Lipinski definition) is 4. The molecule has 3 aromatic rings. The Kier molecular flexibility index (Phi) is 4.86. The fraction of sp³-hybridized carbons (Fsp3) is 0.208. The van der Waals surface area contributed by atoms with Gasteiger partial charge in [0.15, 0.2) is 0 Å². The zero-order chi connectivity index (χ0) is 19.7. The third-order valence-electron chi connectivity index (χ3n) is 5.32. The molecule has 2 aliphatic rings. The van der Waals surface area contributed by atoms with Crippen LogP contribution in [0.2, 0.25) is 0 Å². The summed E-state index contributed by atoms with van der Waals surface area (Å²) in [6.07, 6.45) is 0. The van der Waals surface area contributed by atoms with Crippen LogP contribution in [0.3, 0.4) is 0 Å². The molecule has 0 unspecified atom stereocenters. The normalized spacial score (nSPS) is 23.7. The van der Waals surface area contributed by atoms with Crippen molar-refractivity contribution in [3.8, 4) is 0 Å². The van der Waals surface area contributed by atoms with Gasteiger partial charge in [0.05, 0.1) is 6.61 Å². The summed E-state index contributed by atoms with van der Waals surface area (Å²) >= 11 is 3.93. The van der Waals surface area contributed by atoms with E-state index < -0.39 is 4.45 Å². The minimum absolute atomic E-state index is 0.0259. The number of benzene rings is 3. The van der Waals surface area contributed by atoms with Gasteiger partial charge in [-0.1, -0.05) is 82.7 Å². The van der Waals surface area contributed by atoms with Crippen LogP contribution in [-0.4, -0.2) is 25.8 Å². The van der Waals surface area contributed by atoms with Crippen LogP contribution >= 0.6 is 15.9 Å². The number of halogens is 1. The van der Waals surface area contributed by atoms with Crippen LogP contribution in [0, 0.1) is 6.07 Å². The van der Waals surface area contributed by atoms with Crippen LogP contribution < -0.4 is 4.90 Å². The summed E-state index contributed by atoms with van der Waals surface area (Å²) in [5, 5.41) is 0. The van der Waals surface area contributed by atoms with Crippen LogP contribution in [0.5, 0.6) is 0 Å². The van der Waals surface area contributed by atoms with Gasteiger partial charge in [-0.3, -0.25) is 0 Å². The molecule has 4 nitrogen and oxygen atoms in total. The lowest BCUT2D eigenvalue weighted by molar-refractivity contribution is 0.191. The maximum absolute atomic E-state index is 5.92. The first kappa shape index (κ1) is 18.4. The van der Waals surface area contributed by atoms with Gasteiger partial charge in [0.25, 0.3) is 0 Å². The van der Waals surface area contributed by atoms with E-state index in [1.165, 1.54) is 0 Å². The molecule has 2 aliphatic heterocycles. The van der Waals surface area contributed by atoms with E-state index in [-0.39, 0.29) is 6.04 Å². The van der Waals surface area contributed by atoms with Crippen molar-refractivity contribution in [3.05, 3.63) is 102 Å². The first-order chi connectivity index (χ1) is 14.2. The Bertz CT molecular complexity index is 1030. The Hall–Kier alpha value is -2.63. The number of rotatable bonds is 4. The molecule has 5 heteroatoms. The van der Waals surface area contributed by atoms with Crippen LogP contribution in [0.4, 0.5) is 5.69 Å². The predicted molar refractivity (Wildman–Crippen MR) is 117 cm³/mol. The maximum Gasteiger partial charge on any atom is 0.217 e.